The Morgan fingerprint density at radius 2 is 1.94 bits per heavy atom. The summed E-state index contributed by atoms with van der Waals surface area (Å²) >= 11 is 0. The molecule has 0 bridgehead atoms. The van der Waals surface area contributed by atoms with Gasteiger partial charge in [-0.15, -0.1) is 0 Å². The zero-order valence-corrected chi connectivity index (χ0v) is 8.28. The Hall–Kier alpha value is -1.51. The maximum absolute atomic E-state index is 11.9. The van der Waals surface area contributed by atoms with E-state index in [1.165, 1.54) is 0 Å². The second-order valence-electron chi connectivity index (χ2n) is 2.99. The summed E-state index contributed by atoms with van der Waals surface area (Å²) in [6.07, 6.45) is -4.57. The van der Waals surface area contributed by atoms with E-state index < -0.39 is 37.4 Å². The molecule has 0 saturated carbocycles. The summed E-state index contributed by atoms with van der Waals surface area (Å²) < 4.78 is 35.6. The number of amides is 2. The third-order valence-electron chi connectivity index (χ3n) is 1.54. The molecule has 1 atom stereocenters. The van der Waals surface area contributed by atoms with E-state index in [2.05, 4.69) is 0 Å². The summed E-state index contributed by atoms with van der Waals surface area (Å²) in [6.45, 7) is -2.41. The van der Waals surface area contributed by atoms with Crippen molar-refractivity contribution in [2.24, 2.45) is 0 Å². The van der Waals surface area contributed by atoms with E-state index in [-0.39, 0.29) is 4.90 Å². The highest BCUT2D eigenvalue weighted by Gasteiger charge is 2.32. The van der Waals surface area contributed by atoms with E-state index in [1.807, 2.05) is 0 Å². The molecule has 0 rings (SSSR count). The number of alkyl halides is 3. The maximum Gasteiger partial charge on any atom is 0.406 e. The van der Waals surface area contributed by atoms with Crippen LogP contribution >= 0.6 is 0 Å². The number of hydrogen-bond acceptors (Lipinski definition) is 3. The molecule has 9 heteroatoms. The van der Waals surface area contributed by atoms with Gasteiger partial charge in [-0.3, -0.25) is 0 Å². The third kappa shape index (κ3) is 5.39. The molecule has 3 N–H and O–H groups in total. The molecule has 0 aromatic heterocycles. The largest absolute Gasteiger partial charge is 0.480 e. The minimum absolute atomic E-state index is 0.269. The lowest BCUT2D eigenvalue weighted by molar-refractivity contribution is -0.140. The van der Waals surface area contributed by atoms with E-state index in [1.54, 1.807) is 5.32 Å². The van der Waals surface area contributed by atoms with Crippen LogP contribution < -0.4 is 5.32 Å². The number of aliphatic carboxylic acids is 1. The monoisotopic (exact) mass is 244 g/mol. The molecule has 0 aromatic carbocycles. The number of aliphatic hydroxyl groups excluding tert-OH is 1. The van der Waals surface area contributed by atoms with Crippen LogP contribution in [0.2, 0.25) is 0 Å². The maximum atomic E-state index is 11.9. The van der Waals surface area contributed by atoms with Crippen LogP contribution in [0.25, 0.3) is 0 Å². The van der Waals surface area contributed by atoms with Crippen molar-refractivity contribution in [1.82, 2.24) is 10.2 Å². The molecule has 1 unspecified atom stereocenters. The standard InChI is InChI=1S/C7H11F3N2O4/c1-12(3-7(8,9)10)6(16)11-4(2-13)5(14)15/h4,13H,2-3H2,1H3,(H,11,16)(H,14,15). The molecule has 6 nitrogen and oxygen atoms in total. The first-order valence-corrected chi connectivity index (χ1v) is 4.09. The number of hydrogen-bond donors (Lipinski definition) is 3. The molecule has 0 aliphatic rings. The highest BCUT2D eigenvalue weighted by molar-refractivity contribution is 5.82. The molecular weight excluding hydrogens is 233 g/mol. The number of halogens is 3. The topological polar surface area (TPSA) is 89.9 Å². The number of nitrogens with one attached hydrogen (secondary N) is 1. The minimum atomic E-state index is -4.57. The lowest BCUT2D eigenvalue weighted by atomic mass is 10.3. The van der Waals surface area contributed by atoms with Gasteiger partial charge in [0.15, 0.2) is 6.04 Å². The minimum Gasteiger partial charge on any atom is -0.480 e. The molecule has 16 heavy (non-hydrogen) atoms. The summed E-state index contributed by atoms with van der Waals surface area (Å²) in [6, 6.07) is -2.85. The van der Waals surface area contributed by atoms with Crippen molar-refractivity contribution in [3.05, 3.63) is 0 Å². The highest BCUT2D eigenvalue weighted by Crippen LogP contribution is 2.15. The van der Waals surface area contributed by atoms with Gasteiger partial charge in [0, 0.05) is 7.05 Å². The predicted molar refractivity (Wildman–Crippen MR) is 45.7 cm³/mol. The first-order valence-electron chi connectivity index (χ1n) is 4.09. The smallest absolute Gasteiger partial charge is 0.406 e. The molecular formula is C7H11F3N2O4. The third-order valence-corrected chi connectivity index (χ3v) is 1.54. The SMILES string of the molecule is CN(CC(F)(F)F)C(=O)NC(CO)C(=O)O. The first-order chi connectivity index (χ1) is 7.17. The number of carboxylic acids is 1. The van der Waals surface area contributed by atoms with Crippen LogP contribution in [0.1, 0.15) is 0 Å². The Morgan fingerprint density at radius 3 is 2.25 bits per heavy atom. The average Bonchev–Trinajstić information content (AvgIpc) is 2.10. The van der Waals surface area contributed by atoms with E-state index in [4.69, 9.17) is 10.2 Å². The number of carboxylic acid groups (broad SMARTS) is 1. The number of rotatable bonds is 4. The van der Waals surface area contributed by atoms with Crippen molar-refractivity contribution in [2.45, 2.75) is 12.2 Å². The number of urea groups is 1. The van der Waals surface area contributed by atoms with Crippen LogP contribution in [-0.2, 0) is 4.79 Å². The van der Waals surface area contributed by atoms with Crippen molar-refractivity contribution in [3.8, 4) is 0 Å². The molecule has 0 radical (unpaired) electrons. The lowest BCUT2D eigenvalue weighted by Crippen LogP contribution is -2.50. The van der Waals surface area contributed by atoms with E-state index in [0.717, 1.165) is 7.05 Å². The van der Waals surface area contributed by atoms with E-state index >= 15 is 0 Å². The fourth-order valence-electron chi connectivity index (χ4n) is 0.785. The van der Waals surface area contributed by atoms with E-state index in [0.29, 0.717) is 0 Å². The summed E-state index contributed by atoms with van der Waals surface area (Å²) in [7, 11) is 0.860. The number of carbonyl (C=O) groups is 2. The average molecular weight is 244 g/mol. The van der Waals surface area contributed by atoms with Crippen LogP contribution in [0.15, 0.2) is 0 Å². The summed E-state index contributed by atoms with van der Waals surface area (Å²) in [5, 5.41) is 18.7. The lowest BCUT2D eigenvalue weighted by Gasteiger charge is -2.21. The molecule has 0 aliphatic carbocycles. The fourth-order valence-corrected chi connectivity index (χ4v) is 0.785. The quantitative estimate of drug-likeness (QED) is 0.629. The first kappa shape index (κ1) is 14.5. The molecule has 0 aliphatic heterocycles. The summed E-state index contributed by atoms with van der Waals surface area (Å²) in [5.41, 5.74) is 0. The van der Waals surface area contributed by atoms with Gasteiger partial charge in [0.2, 0.25) is 0 Å². The normalized spacial score (nSPS) is 13.1. The Bertz CT molecular complexity index is 269. The molecule has 0 aromatic rings. The van der Waals surface area contributed by atoms with Crippen molar-refractivity contribution >= 4 is 12.0 Å². The van der Waals surface area contributed by atoms with Gasteiger partial charge in [-0.1, -0.05) is 0 Å². The van der Waals surface area contributed by atoms with Crippen molar-refractivity contribution < 1.29 is 33.0 Å². The Kier molecular flexibility index (Phi) is 5.02. The molecule has 2 amide bonds. The summed E-state index contributed by atoms with van der Waals surface area (Å²) in [5.74, 6) is -1.53. The second-order valence-corrected chi connectivity index (χ2v) is 2.99. The predicted octanol–water partition coefficient (Wildman–Crippen LogP) is -0.364. The second kappa shape index (κ2) is 5.54. The van der Waals surface area contributed by atoms with Gasteiger partial charge in [0.1, 0.15) is 6.54 Å². The van der Waals surface area contributed by atoms with E-state index in [9.17, 15) is 22.8 Å². The number of aliphatic hydroxyl groups is 1. The van der Waals surface area contributed by atoms with Gasteiger partial charge < -0.3 is 20.4 Å². The van der Waals surface area contributed by atoms with Crippen LogP contribution in [0.4, 0.5) is 18.0 Å². The molecule has 0 heterocycles. The van der Waals surface area contributed by atoms with Gasteiger partial charge in [-0.05, 0) is 0 Å². The molecule has 0 saturated heterocycles. The zero-order valence-electron chi connectivity index (χ0n) is 8.28. The Balaban J connectivity index is 4.29. The van der Waals surface area contributed by atoms with Crippen molar-refractivity contribution in [3.63, 3.8) is 0 Å². The highest BCUT2D eigenvalue weighted by atomic mass is 19.4. The molecule has 94 valence electrons. The number of carbonyl (C=O) groups excluding carboxylic acids is 1. The van der Waals surface area contributed by atoms with Gasteiger partial charge in [0.25, 0.3) is 0 Å². The Labute approximate surface area is 88.6 Å². The fraction of sp³-hybridized carbons (Fsp3) is 0.714. The van der Waals surface area contributed by atoms with Gasteiger partial charge in [-0.25, -0.2) is 9.59 Å². The van der Waals surface area contributed by atoms with Crippen molar-refractivity contribution in [1.29, 1.82) is 0 Å². The van der Waals surface area contributed by atoms with Crippen LogP contribution in [0.5, 0.6) is 0 Å². The summed E-state index contributed by atoms with van der Waals surface area (Å²) in [4.78, 5) is 21.7. The molecule has 0 fully saturated rings. The Morgan fingerprint density at radius 1 is 1.44 bits per heavy atom. The van der Waals surface area contributed by atoms with Crippen LogP contribution in [-0.4, -0.2) is 59.5 Å². The van der Waals surface area contributed by atoms with Crippen molar-refractivity contribution in [2.75, 3.05) is 20.2 Å². The van der Waals surface area contributed by atoms with Crippen LogP contribution in [0, 0.1) is 0 Å². The van der Waals surface area contributed by atoms with Gasteiger partial charge in [-0.2, -0.15) is 13.2 Å². The van der Waals surface area contributed by atoms with Gasteiger partial charge in [0.05, 0.1) is 6.61 Å². The zero-order chi connectivity index (χ0) is 12.9. The number of nitrogens with zero attached hydrogens (tertiary/aromatic N) is 1. The van der Waals surface area contributed by atoms with Gasteiger partial charge >= 0.3 is 18.2 Å². The van der Waals surface area contributed by atoms with Crippen LogP contribution in [0.3, 0.4) is 0 Å². The molecule has 0 spiro atoms.